The second-order valence-electron chi connectivity index (χ2n) is 5.06. The van der Waals surface area contributed by atoms with E-state index in [-0.39, 0.29) is 5.82 Å². The molecule has 0 saturated heterocycles. The van der Waals surface area contributed by atoms with Crippen LogP contribution in [-0.2, 0) is 0 Å². The Morgan fingerprint density at radius 1 is 1.22 bits per heavy atom. The summed E-state index contributed by atoms with van der Waals surface area (Å²) in [7, 11) is 1.62. The van der Waals surface area contributed by atoms with E-state index in [9.17, 15) is 5.26 Å². The maximum absolute atomic E-state index is 9.46. The van der Waals surface area contributed by atoms with E-state index >= 15 is 0 Å². The van der Waals surface area contributed by atoms with Gasteiger partial charge in [0.05, 0.1) is 12.8 Å². The first kappa shape index (κ1) is 15.1. The molecule has 0 aliphatic rings. The van der Waals surface area contributed by atoms with Crippen molar-refractivity contribution in [1.29, 1.82) is 5.26 Å². The maximum Gasteiger partial charge on any atom is 0.142 e. The lowest BCUT2D eigenvalue weighted by Crippen LogP contribution is -2.00. The lowest BCUT2D eigenvalue weighted by atomic mass is 10.0. The first-order valence-corrected chi connectivity index (χ1v) is 7.92. The van der Waals surface area contributed by atoms with Gasteiger partial charge < -0.3 is 10.5 Å². The summed E-state index contributed by atoms with van der Waals surface area (Å²) in [5, 5.41) is 11.5. The number of hydrogen-bond donors (Lipinski definition) is 1. The number of hydrogen-bond acceptors (Lipinski definition) is 5. The van der Waals surface area contributed by atoms with E-state index in [1.807, 2.05) is 48.7 Å². The van der Waals surface area contributed by atoms with Crippen LogP contribution >= 0.6 is 11.3 Å². The Balaban J connectivity index is 2.28. The fraction of sp³-hybridized carbons (Fsp3) is 0.111. The predicted molar refractivity (Wildman–Crippen MR) is 93.4 cm³/mol. The third-order valence-electron chi connectivity index (χ3n) is 3.65. The van der Waals surface area contributed by atoms with Crippen LogP contribution in [0.25, 0.3) is 21.7 Å². The van der Waals surface area contributed by atoms with Gasteiger partial charge in [0.15, 0.2) is 0 Å². The highest BCUT2D eigenvalue weighted by Crippen LogP contribution is 2.37. The number of nitriles is 1. The molecule has 3 aromatic rings. The molecule has 0 bridgehead atoms. The number of para-hydroxylation sites is 1. The van der Waals surface area contributed by atoms with Gasteiger partial charge in [0, 0.05) is 16.0 Å². The monoisotopic (exact) mass is 321 g/mol. The van der Waals surface area contributed by atoms with Gasteiger partial charge in [-0.05, 0) is 42.1 Å². The SMILES string of the molecule is COc1ccccc1-c1cc(-c2sccc2C)c(C#N)c(N)n1. The summed E-state index contributed by atoms with van der Waals surface area (Å²) in [6, 6.07) is 13.7. The first-order valence-electron chi connectivity index (χ1n) is 7.04. The molecule has 0 aliphatic heterocycles. The van der Waals surface area contributed by atoms with Crippen LogP contribution in [0.4, 0.5) is 5.82 Å². The van der Waals surface area contributed by atoms with Crippen LogP contribution in [-0.4, -0.2) is 12.1 Å². The van der Waals surface area contributed by atoms with Crippen molar-refractivity contribution in [3.63, 3.8) is 0 Å². The summed E-state index contributed by atoms with van der Waals surface area (Å²) < 4.78 is 5.41. The number of aryl methyl sites for hydroxylation is 1. The Kier molecular flexibility index (Phi) is 4.00. The molecule has 0 radical (unpaired) electrons. The minimum absolute atomic E-state index is 0.235. The van der Waals surface area contributed by atoms with E-state index in [0.29, 0.717) is 11.3 Å². The number of methoxy groups -OCH3 is 1. The van der Waals surface area contributed by atoms with E-state index in [1.54, 1.807) is 18.4 Å². The molecular weight excluding hydrogens is 306 g/mol. The van der Waals surface area contributed by atoms with Gasteiger partial charge in [0.25, 0.3) is 0 Å². The number of aromatic nitrogens is 1. The van der Waals surface area contributed by atoms with E-state index in [2.05, 4.69) is 11.1 Å². The molecule has 3 rings (SSSR count). The highest BCUT2D eigenvalue weighted by molar-refractivity contribution is 7.13. The fourth-order valence-electron chi connectivity index (χ4n) is 2.50. The van der Waals surface area contributed by atoms with Crippen LogP contribution in [0.2, 0.25) is 0 Å². The molecule has 2 aromatic heterocycles. The Hall–Kier alpha value is -2.84. The van der Waals surface area contributed by atoms with Crippen molar-refractivity contribution in [3.8, 4) is 33.5 Å². The first-order chi connectivity index (χ1) is 11.2. The normalized spacial score (nSPS) is 10.3. The van der Waals surface area contributed by atoms with Crippen molar-refractivity contribution in [1.82, 2.24) is 4.98 Å². The third kappa shape index (κ3) is 2.65. The number of nitrogen functional groups attached to an aromatic ring is 1. The average molecular weight is 321 g/mol. The summed E-state index contributed by atoms with van der Waals surface area (Å²) >= 11 is 1.59. The van der Waals surface area contributed by atoms with Gasteiger partial charge in [-0.1, -0.05) is 12.1 Å². The van der Waals surface area contributed by atoms with Gasteiger partial charge in [0.1, 0.15) is 23.2 Å². The number of benzene rings is 1. The molecule has 2 heterocycles. The lowest BCUT2D eigenvalue weighted by Gasteiger charge is -2.12. The third-order valence-corrected chi connectivity index (χ3v) is 4.70. The molecule has 114 valence electrons. The fourth-order valence-corrected chi connectivity index (χ4v) is 3.45. The number of thiophene rings is 1. The molecule has 4 nitrogen and oxygen atoms in total. The Morgan fingerprint density at radius 2 is 2.00 bits per heavy atom. The largest absolute Gasteiger partial charge is 0.496 e. The second kappa shape index (κ2) is 6.11. The molecule has 0 unspecified atom stereocenters. The van der Waals surface area contributed by atoms with Gasteiger partial charge >= 0.3 is 0 Å². The Bertz CT molecular complexity index is 909. The number of pyridine rings is 1. The van der Waals surface area contributed by atoms with Crippen molar-refractivity contribution in [2.45, 2.75) is 6.92 Å². The molecule has 1 aromatic carbocycles. The molecule has 2 N–H and O–H groups in total. The van der Waals surface area contributed by atoms with Crippen LogP contribution in [0, 0.1) is 18.3 Å². The summed E-state index contributed by atoms with van der Waals surface area (Å²) in [6.45, 7) is 2.02. The van der Waals surface area contributed by atoms with Crippen LogP contribution in [0.15, 0.2) is 41.8 Å². The van der Waals surface area contributed by atoms with Gasteiger partial charge in [-0.25, -0.2) is 4.98 Å². The summed E-state index contributed by atoms with van der Waals surface area (Å²) in [5.74, 6) is 0.955. The summed E-state index contributed by atoms with van der Waals surface area (Å²) in [6.07, 6.45) is 0. The second-order valence-corrected chi connectivity index (χ2v) is 5.98. The summed E-state index contributed by atoms with van der Waals surface area (Å²) in [4.78, 5) is 5.44. The quantitative estimate of drug-likeness (QED) is 0.783. The highest BCUT2D eigenvalue weighted by atomic mass is 32.1. The van der Waals surface area contributed by atoms with Crippen molar-refractivity contribution < 1.29 is 4.74 Å². The van der Waals surface area contributed by atoms with Crippen molar-refractivity contribution in [3.05, 3.63) is 52.9 Å². The molecule has 0 saturated carbocycles. The number of anilines is 1. The van der Waals surface area contributed by atoms with Gasteiger partial charge in [-0.2, -0.15) is 5.26 Å². The minimum atomic E-state index is 0.235. The van der Waals surface area contributed by atoms with Crippen LogP contribution in [0.5, 0.6) is 5.75 Å². The highest BCUT2D eigenvalue weighted by Gasteiger charge is 2.17. The standard InChI is InChI=1S/C18H15N3OS/c1-11-7-8-23-17(11)13-9-15(21-18(20)14(13)10-19)12-5-3-4-6-16(12)22-2/h3-9H,1-2H3,(H2,20,21). The van der Waals surface area contributed by atoms with Gasteiger partial charge in [0.2, 0.25) is 0 Å². The van der Waals surface area contributed by atoms with E-state index in [4.69, 9.17) is 10.5 Å². The van der Waals surface area contributed by atoms with Gasteiger partial charge in [-0.15, -0.1) is 11.3 Å². The van der Waals surface area contributed by atoms with Crippen molar-refractivity contribution in [2.24, 2.45) is 0 Å². The van der Waals surface area contributed by atoms with Crippen LogP contribution < -0.4 is 10.5 Å². The number of nitrogens with two attached hydrogens (primary N) is 1. The minimum Gasteiger partial charge on any atom is -0.496 e. The van der Waals surface area contributed by atoms with Crippen molar-refractivity contribution >= 4 is 17.2 Å². The van der Waals surface area contributed by atoms with Gasteiger partial charge in [-0.3, -0.25) is 0 Å². The molecular formula is C18H15N3OS. The van der Waals surface area contributed by atoms with Crippen LogP contribution in [0.1, 0.15) is 11.1 Å². The maximum atomic E-state index is 9.46. The van der Waals surface area contributed by atoms with Crippen LogP contribution in [0.3, 0.4) is 0 Å². The molecule has 0 amide bonds. The zero-order valence-corrected chi connectivity index (χ0v) is 13.6. The average Bonchev–Trinajstić information content (AvgIpc) is 3.00. The molecule has 5 heteroatoms. The topological polar surface area (TPSA) is 71.9 Å². The van der Waals surface area contributed by atoms with E-state index < -0.39 is 0 Å². The molecule has 0 atom stereocenters. The van der Waals surface area contributed by atoms with E-state index in [0.717, 1.165) is 27.3 Å². The zero-order chi connectivity index (χ0) is 16.4. The molecule has 0 fully saturated rings. The molecule has 0 spiro atoms. The lowest BCUT2D eigenvalue weighted by molar-refractivity contribution is 0.416. The predicted octanol–water partition coefficient (Wildman–Crippen LogP) is 4.25. The molecule has 0 aliphatic carbocycles. The number of rotatable bonds is 3. The van der Waals surface area contributed by atoms with Crippen molar-refractivity contribution in [2.75, 3.05) is 12.8 Å². The summed E-state index contributed by atoms with van der Waals surface area (Å²) in [5.41, 5.74) is 9.93. The number of ether oxygens (including phenoxy) is 1. The zero-order valence-electron chi connectivity index (χ0n) is 12.8. The smallest absolute Gasteiger partial charge is 0.142 e. The molecule has 23 heavy (non-hydrogen) atoms. The van der Waals surface area contributed by atoms with E-state index in [1.165, 1.54) is 0 Å². The Morgan fingerprint density at radius 3 is 2.65 bits per heavy atom. The number of nitrogens with zero attached hydrogens (tertiary/aromatic N) is 2. The Labute approximate surface area is 138 Å².